The van der Waals surface area contributed by atoms with Crippen LogP contribution in [0.4, 0.5) is 14.6 Å². The van der Waals surface area contributed by atoms with Crippen LogP contribution in [0.3, 0.4) is 0 Å². The molecule has 3 aromatic rings. The van der Waals surface area contributed by atoms with Crippen molar-refractivity contribution in [1.82, 2.24) is 30.3 Å². The molecular formula is C26H33F2N7O. The van der Waals surface area contributed by atoms with Gasteiger partial charge in [0, 0.05) is 31.7 Å². The Morgan fingerprint density at radius 1 is 1.03 bits per heavy atom. The first-order chi connectivity index (χ1) is 17.4. The van der Waals surface area contributed by atoms with Crippen LogP contribution in [-0.4, -0.2) is 79.0 Å². The lowest BCUT2D eigenvalue weighted by Gasteiger charge is -2.34. The quantitative estimate of drug-likeness (QED) is 0.406. The van der Waals surface area contributed by atoms with E-state index in [9.17, 15) is 8.78 Å². The molecule has 1 aromatic heterocycles. The van der Waals surface area contributed by atoms with Crippen LogP contribution in [0.5, 0.6) is 5.75 Å². The molecule has 1 aliphatic heterocycles. The highest BCUT2D eigenvalue weighted by Gasteiger charge is 2.25. The average Bonchev–Trinajstić information content (AvgIpc) is 2.85. The molecule has 0 saturated carbocycles. The smallest absolute Gasteiger partial charge is 0.182 e. The number of aromatic nitrogens is 3. The van der Waals surface area contributed by atoms with Gasteiger partial charge in [-0.2, -0.15) is 0 Å². The van der Waals surface area contributed by atoms with Crippen molar-refractivity contribution in [3.63, 3.8) is 0 Å². The lowest BCUT2D eigenvalue weighted by molar-refractivity contribution is 0.299. The third-order valence-electron chi connectivity index (χ3n) is 5.84. The summed E-state index contributed by atoms with van der Waals surface area (Å²) in [6.45, 7) is 5.13. The van der Waals surface area contributed by atoms with Crippen molar-refractivity contribution in [2.75, 3.05) is 59.0 Å². The van der Waals surface area contributed by atoms with E-state index in [1.54, 1.807) is 6.07 Å². The number of nitrogens with one attached hydrogen (secondary N) is 1. The van der Waals surface area contributed by atoms with Gasteiger partial charge in [-0.3, -0.25) is 4.90 Å². The molecule has 0 saturated heterocycles. The Kier molecular flexibility index (Phi) is 8.74. The number of rotatable bonds is 11. The highest BCUT2D eigenvalue weighted by Crippen LogP contribution is 2.27. The largest absolute Gasteiger partial charge is 0.494 e. The minimum absolute atomic E-state index is 0.376. The molecule has 1 aliphatic rings. The summed E-state index contributed by atoms with van der Waals surface area (Å²) >= 11 is 0. The summed E-state index contributed by atoms with van der Waals surface area (Å²) in [6, 6.07) is 11.6. The van der Waals surface area contributed by atoms with Crippen molar-refractivity contribution in [2.45, 2.75) is 19.5 Å². The fourth-order valence-corrected chi connectivity index (χ4v) is 3.99. The molecule has 0 bridgehead atoms. The van der Waals surface area contributed by atoms with Crippen LogP contribution in [0.2, 0.25) is 0 Å². The molecule has 36 heavy (non-hydrogen) atoms. The highest BCUT2D eigenvalue weighted by atomic mass is 19.2. The van der Waals surface area contributed by atoms with Crippen molar-refractivity contribution in [3.8, 4) is 17.1 Å². The highest BCUT2D eigenvalue weighted by molar-refractivity contribution is 5.58. The number of fused-ring (bicyclic) bond motifs is 1. The van der Waals surface area contributed by atoms with Gasteiger partial charge in [0.2, 0.25) is 0 Å². The summed E-state index contributed by atoms with van der Waals surface area (Å²) in [7, 11) is 6.10. The van der Waals surface area contributed by atoms with E-state index in [0.717, 1.165) is 49.1 Å². The number of anilines is 1. The molecule has 10 heteroatoms. The summed E-state index contributed by atoms with van der Waals surface area (Å²) in [5, 5.41) is 12.2. The fraction of sp³-hybridized carbons (Fsp3) is 0.423. The summed E-state index contributed by atoms with van der Waals surface area (Å²) in [5.41, 5.74) is 2.29. The van der Waals surface area contributed by atoms with Gasteiger partial charge in [0.15, 0.2) is 23.3 Å². The van der Waals surface area contributed by atoms with Crippen molar-refractivity contribution < 1.29 is 13.5 Å². The Hall–Kier alpha value is -3.21. The van der Waals surface area contributed by atoms with Crippen LogP contribution < -0.4 is 15.0 Å². The van der Waals surface area contributed by atoms with Crippen LogP contribution >= 0.6 is 0 Å². The lowest BCUT2D eigenvalue weighted by atomic mass is 10.1. The molecule has 8 nitrogen and oxygen atoms in total. The predicted octanol–water partition coefficient (Wildman–Crippen LogP) is 3.15. The minimum atomic E-state index is -0.859. The van der Waals surface area contributed by atoms with Gasteiger partial charge in [0.05, 0.1) is 13.3 Å². The van der Waals surface area contributed by atoms with E-state index in [2.05, 4.69) is 39.4 Å². The number of nitrogens with zero attached hydrogens (tertiary/aromatic N) is 6. The standard InChI is InChI=1S/C26H33F2N7O/c1-33(2)13-12-29-11-4-14-36-21-8-6-20(7-9-21)25-30-24-17-34(3)18-35(26(24)32-31-25)16-19-5-10-22(27)23(28)15-19/h5-10,15,29H,4,11-14,16-18H2,1-3H3. The first-order valence-electron chi connectivity index (χ1n) is 12.1. The summed E-state index contributed by atoms with van der Waals surface area (Å²) < 4.78 is 32.8. The Labute approximate surface area is 210 Å². The molecule has 0 spiro atoms. The Morgan fingerprint density at radius 3 is 2.58 bits per heavy atom. The van der Waals surface area contributed by atoms with Crippen molar-refractivity contribution in [2.24, 2.45) is 0 Å². The molecule has 0 aliphatic carbocycles. The lowest BCUT2D eigenvalue weighted by Crippen LogP contribution is -2.41. The van der Waals surface area contributed by atoms with E-state index >= 15 is 0 Å². The Bertz CT molecular complexity index is 1140. The van der Waals surface area contributed by atoms with E-state index < -0.39 is 11.6 Å². The van der Waals surface area contributed by atoms with Gasteiger partial charge in [-0.1, -0.05) is 6.07 Å². The average molecular weight is 498 g/mol. The molecule has 4 rings (SSSR count). The molecule has 0 radical (unpaired) electrons. The van der Waals surface area contributed by atoms with Crippen LogP contribution in [0, 0.1) is 11.6 Å². The number of halogens is 2. The molecule has 0 amide bonds. The molecular weight excluding hydrogens is 464 g/mol. The summed E-state index contributed by atoms with van der Waals surface area (Å²) in [6.07, 6.45) is 0.932. The maximum Gasteiger partial charge on any atom is 0.182 e. The second kappa shape index (κ2) is 12.2. The van der Waals surface area contributed by atoms with Gasteiger partial charge >= 0.3 is 0 Å². The number of ether oxygens (including phenoxy) is 1. The van der Waals surface area contributed by atoms with Gasteiger partial charge in [-0.25, -0.2) is 13.8 Å². The first kappa shape index (κ1) is 25.9. The van der Waals surface area contributed by atoms with E-state index in [-0.39, 0.29) is 0 Å². The molecule has 0 atom stereocenters. The maximum absolute atomic E-state index is 13.7. The number of hydrogen-bond acceptors (Lipinski definition) is 8. The molecule has 1 N–H and O–H groups in total. The molecule has 0 unspecified atom stereocenters. The molecule has 192 valence electrons. The minimum Gasteiger partial charge on any atom is -0.494 e. The van der Waals surface area contributed by atoms with Crippen LogP contribution in [-0.2, 0) is 13.1 Å². The van der Waals surface area contributed by atoms with Crippen LogP contribution in [0.1, 0.15) is 17.7 Å². The van der Waals surface area contributed by atoms with E-state index in [1.165, 1.54) is 6.07 Å². The first-order valence-corrected chi connectivity index (χ1v) is 12.1. The SMILES string of the molecule is CN(C)CCNCCCOc1ccc(-c2nnc3c(n2)CN(C)CN3Cc2ccc(F)c(F)c2)cc1. The zero-order valence-corrected chi connectivity index (χ0v) is 21.0. The third kappa shape index (κ3) is 6.93. The molecule has 2 aromatic carbocycles. The number of benzene rings is 2. The third-order valence-corrected chi connectivity index (χ3v) is 5.84. The van der Waals surface area contributed by atoms with Crippen LogP contribution in [0.25, 0.3) is 11.4 Å². The zero-order valence-electron chi connectivity index (χ0n) is 21.0. The maximum atomic E-state index is 13.7. The Balaban J connectivity index is 1.36. The molecule has 2 heterocycles. The predicted molar refractivity (Wildman–Crippen MR) is 136 cm³/mol. The van der Waals surface area contributed by atoms with Crippen molar-refractivity contribution in [3.05, 3.63) is 65.4 Å². The van der Waals surface area contributed by atoms with Gasteiger partial charge in [0.1, 0.15) is 11.4 Å². The van der Waals surface area contributed by atoms with Crippen LogP contribution in [0.15, 0.2) is 42.5 Å². The van der Waals surface area contributed by atoms with Crippen molar-refractivity contribution >= 4 is 5.82 Å². The fourth-order valence-electron chi connectivity index (χ4n) is 3.99. The molecule has 0 fully saturated rings. The summed E-state index contributed by atoms with van der Waals surface area (Å²) in [4.78, 5) is 11.0. The van der Waals surface area contributed by atoms with Gasteiger partial charge in [-0.05, 0) is 76.1 Å². The number of likely N-dealkylation sites (N-methyl/N-ethyl adjacent to an activating group) is 1. The van der Waals surface area contributed by atoms with Gasteiger partial charge in [0.25, 0.3) is 0 Å². The summed E-state index contributed by atoms with van der Waals surface area (Å²) in [5.74, 6) is 0.274. The van der Waals surface area contributed by atoms with E-state index in [0.29, 0.717) is 43.6 Å². The second-order valence-electron chi connectivity index (χ2n) is 9.29. The van der Waals surface area contributed by atoms with E-state index in [4.69, 9.17) is 9.72 Å². The monoisotopic (exact) mass is 497 g/mol. The normalized spacial score (nSPS) is 13.8. The van der Waals surface area contributed by atoms with Crippen molar-refractivity contribution in [1.29, 1.82) is 0 Å². The topological polar surface area (TPSA) is 69.6 Å². The second-order valence-corrected chi connectivity index (χ2v) is 9.29. The van der Waals surface area contributed by atoms with E-state index in [1.807, 2.05) is 36.2 Å². The Morgan fingerprint density at radius 2 is 1.83 bits per heavy atom. The number of hydrogen-bond donors (Lipinski definition) is 1. The zero-order chi connectivity index (χ0) is 25.5. The van der Waals surface area contributed by atoms with Gasteiger partial charge < -0.3 is 19.9 Å². The van der Waals surface area contributed by atoms with Gasteiger partial charge in [-0.15, -0.1) is 10.2 Å².